The molecule has 2 N–H and O–H groups in total. The highest BCUT2D eigenvalue weighted by Crippen LogP contribution is 2.36. The van der Waals surface area contributed by atoms with Crippen molar-refractivity contribution in [3.05, 3.63) is 59.8 Å². The van der Waals surface area contributed by atoms with Crippen LogP contribution in [0, 0.1) is 5.92 Å². The van der Waals surface area contributed by atoms with Crippen molar-refractivity contribution in [2.45, 2.75) is 45.1 Å². The van der Waals surface area contributed by atoms with Gasteiger partial charge in [-0.25, -0.2) is 0 Å². The number of rotatable bonds is 5. The predicted molar refractivity (Wildman–Crippen MR) is 119 cm³/mol. The van der Waals surface area contributed by atoms with E-state index in [4.69, 9.17) is 0 Å². The summed E-state index contributed by atoms with van der Waals surface area (Å²) in [6.07, 6.45) is -3.07. The molecule has 0 bridgehead atoms. The minimum absolute atomic E-state index is 0.129. The molecule has 4 rings (SSSR count). The number of hydrogen-bond donors (Lipinski definition) is 2. The summed E-state index contributed by atoms with van der Waals surface area (Å²) in [5.74, 6) is -0.407. The average molecular weight is 461 g/mol. The zero-order valence-electron chi connectivity index (χ0n) is 18.5. The minimum atomic E-state index is -4.54. The second-order valence-electron chi connectivity index (χ2n) is 8.73. The van der Waals surface area contributed by atoms with Crippen LogP contribution < -0.4 is 5.32 Å². The van der Waals surface area contributed by atoms with E-state index in [-0.39, 0.29) is 23.4 Å². The van der Waals surface area contributed by atoms with E-state index >= 15 is 0 Å². The quantitative estimate of drug-likeness (QED) is 0.564. The second-order valence-corrected chi connectivity index (χ2v) is 8.73. The molecular formula is C24H27F3N4O2. The Morgan fingerprint density at radius 2 is 1.85 bits per heavy atom. The number of carbonyl (C=O) groups excluding carboxylic acids is 1. The van der Waals surface area contributed by atoms with Gasteiger partial charge in [-0.3, -0.25) is 14.4 Å². The van der Waals surface area contributed by atoms with E-state index in [0.29, 0.717) is 31.6 Å². The zero-order valence-corrected chi connectivity index (χ0v) is 18.5. The molecule has 0 aliphatic carbocycles. The minimum Gasteiger partial charge on any atom is -0.374 e. The number of amides is 1. The lowest BCUT2D eigenvalue weighted by Gasteiger charge is -2.35. The standard InChI is InChI=1S/C24H27F3N4O2/c1-15(2)31-14-17-13-18(7-8-21(17)29-31)28-22(32)16-9-11-30(12-10-16)23(33)19-5-3-4-6-20(19)24(25,26)27/h3-8,13-16,23,33H,9-12H2,1-2H3,(H,28,32). The van der Waals surface area contributed by atoms with Crippen molar-refractivity contribution in [1.29, 1.82) is 0 Å². The number of benzene rings is 2. The number of aliphatic hydroxyl groups is 1. The van der Waals surface area contributed by atoms with Gasteiger partial charge < -0.3 is 10.4 Å². The molecule has 1 saturated heterocycles. The van der Waals surface area contributed by atoms with Crippen molar-refractivity contribution in [3.63, 3.8) is 0 Å². The number of halogens is 3. The van der Waals surface area contributed by atoms with Gasteiger partial charge in [-0.15, -0.1) is 0 Å². The number of aliphatic hydroxyl groups excluding tert-OH is 1. The molecule has 0 spiro atoms. The van der Waals surface area contributed by atoms with Crippen molar-refractivity contribution < 1.29 is 23.1 Å². The summed E-state index contributed by atoms with van der Waals surface area (Å²) in [5.41, 5.74) is 0.525. The van der Waals surface area contributed by atoms with E-state index in [9.17, 15) is 23.1 Å². The van der Waals surface area contributed by atoms with Crippen LogP contribution in [0.3, 0.4) is 0 Å². The van der Waals surface area contributed by atoms with Crippen molar-refractivity contribution in [2.24, 2.45) is 5.92 Å². The van der Waals surface area contributed by atoms with Gasteiger partial charge in [0.05, 0.1) is 11.1 Å². The SMILES string of the molecule is CC(C)n1cc2cc(NC(=O)C3CCN(C(O)c4ccccc4C(F)(F)F)CC3)ccc2n1. The fraction of sp³-hybridized carbons (Fsp3) is 0.417. The number of hydrogen-bond acceptors (Lipinski definition) is 4. The molecular weight excluding hydrogens is 433 g/mol. The number of nitrogens with one attached hydrogen (secondary N) is 1. The first-order valence-corrected chi connectivity index (χ1v) is 11.0. The fourth-order valence-electron chi connectivity index (χ4n) is 4.21. The van der Waals surface area contributed by atoms with Gasteiger partial charge >= 0.3 is 6.18 Å². The van der Waals surface area contributed by atoms with E-state index < -0.39 is 18.0 Å². The highest BCUT2D eigenvalue weighted by atomic mass is 19.4. The maximum absolute atomic E-state index is 13.3. The summed E-state index contributed by atoms with van der Waals surface area (Å²) in [6.45, 7) is 4.73. The molecule has 0 saturated carbocycles. The summed E-state index contributed by atoms with van der Waals surface area (Å²) in [6, 6.07) is 10.8. The normalized spacial score (nSPS) is 16.9. The molecule has 33 heavy (non-hydrogen) atoms. The number of nitrogens with zero attached hydrogens (tertiary/aromatic N) is 3. The highest BCUT2D eigenvalue weighted by Gasteiger charge is 2.37. The number of aromatic nitrogens is 2. The van der Waals surface area contributed by atoms with Crippen LogP contribution in [-0.2, 0) is 11.0 Å². The van der Waals surface area contributed by atoms with Gasteiger partial charge in [0.2, 0.25) is 5.91 Å². The Kier molecular flexibility index (Phi) is 6.45. The second kappa shape index (κ2) is 9.15. The van der Waals surface area contributed by atoms with Crippen molar-refractivity contribution >= 4 is 22.5 Å². The van der Waals surface area contributed by atoms with Crippen molar-refractivity contribution in [3.8, 4) is 0 Å². The van der Waals surface area contributed by atoms with Gasteiger partial charge in [-0.05, 0) is 51.0 Å². The lowest BCUT2D eigenvalue weighted by molar-refractivity contribution is -0.141. The molecule has 176 valence electrons. The zero-order chi connectivity index (χ0) is 23.8. The summed E-state index contributed by atoms with van der Waals surface area (Å²) in [7, 11) is 0. The Balaban J connectivity index is 1.38. The van der Waals surface area contributed by atoms with Gasteiger partial charge in [0, 0.05) is 47.9 Å². The van der Waals surface area contributed by atoms with E-state index in [1.807, 2.05) is 42.9 Å². The molecule has 1 atom stereocenters. The largest absolute Gasteiger partial charge is 0.416 e. The third kappa shape index (κ3) is 5.04. The number of piperidine rings is 1. The Morgan fingerprint density at radius 1 is 1.15 bits per heavy atom. The van der Waals surface area contributed by atoms with Crippen molar-refractivity contribution in [2.75, 3.05) is 18.4 Å². The average Bonchev–Trinajstić information content (AvgIpc) is 3.22. The van der Waals surface area contributed by atoms with E-state index in [2.05, 4.69) is 10.4 Å². The third-order valence-corrected chi connectivity index (χ3v) is 6.11. The first-order chi connectivity index (χ1) is 15.6. The lowest BCUT2D eigenvalue weighted by atomic mass is 9.94. The molecule has 9 heteroatoms. The smallest absolute Gasteiger partial charge is 0.374 e. The van der Waals surface area contributed by atoms with Crippen LogP contribution in [0.4, 0.5) is 18.9 Å². The van der Waals surface area contributed by atoms with E-state index in [1.54, 1.807) is 4.90 Å². The van der Waals surface area contributed by atoms with Crippen LogP contribution in [0.5, 0.6) is 0 Å². The highest BCUT2D eigenvalue weighted by molar-refractivity contribution is 5.95. The molecule has 1 unspecified atom stereocenters. The lowest BCUT2D eigenvalue weighted by Crippen LogP contribution is -2.40. The van der Waals surface area contributed by atoms with E-state index in [0.717, 1.165) is 17.0 Å². The molecule has 1 aromatic heterocycles. The number of carbonyl (C=O) groups is 1. The summed E-state index contributed by atoms with van der Waals surface area (Å²) in [5, 5.41) is 19.0. The molecule has 1 amide bonds. The Bertz CT molecular complexity index is 1130. The molecule has 0 radical (unpaired) electrons. The summed E-state index contributed by atoms with van der Waals surface area (Å²) in [4.78, 5) is 14.4. The first kappa shape index (κ1) is 23.3. The predicted octanol–water partition coefficient (Wildman–Crippen LogP) is 4.98. The van der Waals surface area contributed by atoms with Gasteiger partial charge in [0.25, 0.3) is 0 Å². The third-order valence-electron chi connectivity index (χ3n) is 6.11. The monoisotopic (exact) mass is 460 g/mol. The molecule has 1 aliphatic heterocycles. The van der Waals surface area contributed by atoms with Crippen LogP contribution in [0.15, 0.2) is 48.7 Å². The summed E-state index contributed by atoms with van der Waals surface area (Å²) < 4.78 is 41.8. The molecule has 3 aromatic rings. The van der Waals surface area contributed by atoms with Gasteiger partial charge in [-0.1, -0.05) is 18.2 Å². The topological polar surface area (TPSA) is 70.4 Å². The molecule has 1 aliphatic rings. The van der Waals surface area contributed by atoms with Crippen LogP contribution in [0.1, 0.15) is 50.1 Å². The molecule has 2 heterocycles. The molecule has 2 aromatic carbocycles. The Hall–Kier alpha value is -2.91. The van der Waals surface area contributed by atoms with E-state index in [1.165, 1.54) is 18.2 Å². The van der Waals surface area contributed by atoms with Gasteiger partial charge in [-0.2, -0.15) is 18.3 Å². The Morgan fingerprint density at radius 3 is 2.52 bits per heavy atom. The first-order valence-electron chi connectivity index (χ1n) is 11.0. The van der Waals surface area contributed by atoms with Gasteiger partial charge in [0.15, 0.2) is 0 Å². The number of likely N-dealkylation sites (tertiary alicyclic amines) is 1. The Labute approximate surface area is 190 Å². The molecule has 6 nitrogen and oxygen atoms in total. The number of alkyl halides is 3. The van der Waals surface area contributed by atoms with Crippen LogP contribution in [-0.4, -0.2) is 38.8 Å². The van der Waals surface area contributed by atoms with Crippen LogP contribution in [0.2, 0.25) is 0 Å². The number of fused-ring (bicyclic) bond motifs is 1. The fourth-order valence-corrected chi connectivity index (χ4v) is 4.21. The molecule has 1 fully saturated rings. The van der Waals surface area contributed by atoms with Crippen LogP contribution >= 0.6 is 0 Å². The van der Waals surface area contributed by atoms with Crippen LogP contribution in [0.25, 0.3) is 10.9 Å². The van der Waals surface area contributed by atoms with Gasteiger partial charge in [0.1, 0.15) is 6.23 Å². The maximum atomic E-state index is 13.3. The summed E-state index contributed by atoms with van der Waals surface area (Å²) >= 11 is 0. The number of anilines is 1. The maximum Gasteiger partial charge on any atom is 0.416 e. The van der Waals surface area contributed by atoms with Crippen molar-refractivity contribution in [1.82, 2.24) is 14.7 Å².